The molecular formula is C20H15Cl2FN2O4. The van der Waals surface area contributed by atoms with E-state index in [4.69, 9.17) is 27.9 Å². The van der Waals surface area contributed by atoms with Crippen LogP contribution in [0.2, 0.25) is 5.02 Å². The van der Waals surface area contributed by atoms with E-state index in [0.29, 0.717) is 24.3 Å². The number of ether oxygens (including phenoxy) is 1. The maximum Gasteiger partial charge on any atom is 0.338 e. The molecule has 9 heteroatoms. The lowest BCUT2D eigenvalue weighted by molar-refractivity contribution is -0.120. The van der Waals surface area contributed by atoms with E-state index < -0.39 is 23.6 Å². The van der Waals surface area contributed by atoms with Gasteiger partial charge in [0.25, 0.3) is 11.8 Å². The number of rotatable bonds is 6. The molecule has 150 valence electrons. The van der Waals surface area contributed by atoms with E-state index in [0.717, 1.165) is 17.0 Å². The number of esters is 1. The third kappa shape index (κ3) is 4.26. The molecule has 0 aliphatic carbocycles. The summed E-state index contributed by atoms with van der Waals surface area (Å²) in [6.45, 7) is 2.21. The molecule has 0 aromatic heterocycles. The summed E-state index contributed by atoms with van der Waals surface area (Å²) in [7, 11) is 0. The van der Waals surface area contributed by atoms with Gasteiger partial charge in [-0.15, -0.1) is 0 Å². The Hall–Kier alpha value is -2.90. The SMILES string of the molecule is CCCOC(=O)c1ccc(NC2=C(Cl)C(=O)N(c3ccc(F)c(Cl)c3)C2=O)cc1. The van der Waals surface area contributed by atoms with Crippen LogP contribution in [0.5, 0.6) is 0 Å². The summed E-state index contributed by atoms with van der Waals surface area (Å²) < 4.78 is 18.4. The largest absolute Gasteiger partial charge is 0.462 e. The summed E-state index contributed by atoms with van der Waals surface area (Å²) in [5.74, 6) is -2.61. The van der Waals surface area contributed by atoms with Crippen LogP contribution in [-0.4, -0.2) is 24.4 Å². The number of nitrogens with one attached hydrogen (secondary N) is 1. The minimum atomic E-state index is -0.762. The molecule has 2 amide bonds. The molecule has 0 bridgehead atoms. The van der Waals surface area contributed by atoms with Crippen molar-refractivity contribution < 1.29 is 23.5 Å². The number of imide groups is 1. The lowest BCUT2D eigenvalue weighted by Crippen LogP contribution is -2.32. The van der Waals surface area contributed by atoms with Gasteiger partial charge in [-0.1, -0.05) is 30.1 Å². The number of anilines is 2. The van der Waals surface area contributed by atoms with E-state index in [1.54, 1.807) is 12.1 Å². The van der Waals surface area contributed by atoms with E-state index in [-0.39, 0.29) is 21.4 Å². The molecule has 0 fully saturated rings. The summed E-state index contributed by atoms with van der Waals surface area (Å²) in [6.07, 6.45) is 0.712. The van der Waals surface area contributed by atoms with Crippen LogP contribution in [0.15, 0.2) is 53.2 Å². The molecule has 29 heavy (non-hydrogen) atoms. The maximum atomic E-state index is 13.4. The first kappa shape index (κ1) is 20.8. The fourth-order valence-corrected chi connectivity index (χ4v) is 2.97. The minimum absolute atomic E-state index is 0.0929. The van der Waals surface area contributed by atoms with Gasteiger partial charge >= 0.3 is 5.97 Å². The van der Waals surface area contributed by atoms with E-state index >= 15 is 0 Å². The van der Waals surface area contributed by atoms with Crippen molar-refractivity contribution in [3.63, 3.8) is 0 Å². The summed E-state index contributed by atoms with van der Waals surface area (Å²) in [6, 6.07) is 9.61. The van der Waals surface area contributed by atoms with Crippen molar-refractivity contribution >= 4 is 52.4 Å². The monoisotopic (exact) mass is 436 g/mol. The van der Waals surface area contributed by atoms with Crippen molar-refractivity contribution in [2.45, 2.75) is 13.3 Å². The summed E-state index contributed by atoms with van der Waals surface area (Å²) in [4.78, 5) is 37.8. The van der Waals surface area contributed by atoms with Crippen molar-refractivity contribution in [3.8, 4) is 0 Å². The lowest BCUT2D eigenvalue weighted by Gasteiger charge is -2.15. The van der Waals surface area contributed by atoms with Gasteiger partial charge in [-0.3, -0.25) is 9.59 Å². The molecule has 0 atom stereocenters. The minimum Gasteiger partial charge on any atom is -0.462 e. The highest BCUT2D eigenvalue weighted by molar-refractivity contribution is 6.53. The Morgan fingerprint density at radius 2 is 1.79 bits per heavy atom. The fourth-order valence-electron chi connectivity index (χ4n) is 2.58. The summed E-state index contributed by atoms with van der Waals surface area (Å²) in [5, 5.41) is 2.23. The predicted octanol–water partition coefficient (Wildman–Crippen LogP) is 4.48. The molecule has 1 N–H and O–H groups in total. The van der Waals surface area contributed by atoms with Crippen LogP contribution in [0.1, 0.15) is 23.7 Å². The second-order valence-corrected chi connectivity index (χ2v) is 6.86. The molecule has 1 aliphatic heterocycles. The fraction of sp³-hybridized carbons (Fsp3) is 0.150. The van der Waals surface area contributed by atoms with Crippen LogP contribution in [0.25, 0.3) is 0 Å². The first-order valence-corrected chi connectivity index (χ1v) is 9.37. The average Bonchev–Trinajstić information content (AvgIpc) is 2.92. The average molecular weight is 437 g/mol. The number of carbonyl (C=O) groups is 3. The van der Waals surface area contributed by atoms with Crippen LogP contribution in [-0.2, 0) is 14.3 Å². The van der Waals surface area contributed by atoms with Gasteiger partial charge in [0.15, 0.2) is 0 Å². The molecule has 0 saturated heterocycles. The summed E-state index contributed by atoms with van der Waals surface area (Å²) >= 11 is 11.8. The molecule has 0 radical (unpaired) electrons. The summed E-state index contributed by atoms with van der Waals surface area (Å²) in [5.41, 5.74) is 0.736. The van der Waals surface area contributed by atoms with Crippen LogP contribution in [0.4, 0.5) is 15.8 Å². The highest BCUT2D eigenvalue weighted by Gasteiger charge is 2.39. The zero-order valence-electron chi connectivity index (χ0n) is 15.2. The van der Waals surface area contributed by atoms with E-state index in [9.17, 15) is 18.8 Å². The zero-order chi connectivity index (χ0) is 21.1. The zero-order valence-corrected chi connectivity index (χ0v) is 16.7. The first-order chi connectivity index (χ1) is 13.8. The van der Waals surface area contributed by atoms with Gasteiger partial charge in [0.05, 0.1) is 22.9 Å². The van der Waals surface area contributed by atoms with Gasteiger partial charge < -0.3 is 10.1 Å². The predicted molar refractivity (Wildman–Crippen MR) is 107 cm³/mol. The van der Waals surface area contributed by atoms with Crippen LogP contribution >= 0.6 is 23.2 Å². The van der Waals surface area contributed by atoms with Gasteiger partial charge in [0.2, 0.25) is 0 Å². The highest BCUT2D eigenvalue weighted by atomic mass is 35.5. The third-order valence-corrected chi connectivity index (χ3v) is 4.66. The highest BCUT2D eigenvalue weighted by Crippen LogP contribution is 2.32. The second kappa shape index (κ2) is 8.63. The second-order valence-electron chi connectivity index (χ2n) is 6.07. The number of hydrogen-bond acceptors (Lipinski definition) is 5. The van der Waals surface area contributed by atoms with E-state index in [1.165, 1.54) is 18.2 Å². The lowest BCUT2D eigenvalue weighted by atomic mass is 10.2. The molecule has 3 rings (SSSR count). The van der Waals surface area contributed by atoms with Gasteiger partial charge in [-0.05, 0) is 48.9 Å². The standard InChI is InChI=1S/C20H15Cl2FN2O4/c1-2-9-29-20(28)11-3-5-12(6-4-11)24-17-16(22)18(26)25(19(17)27)13-7-8-15(23)14(21)10-13/h3-8,10,24H,2,9H2,1H3. The number of benzene rings is 2. The Kier molecular flexibility index (Phi) is 6.20. The molecule has 2 aromatic carbocycles. The van der Waals surface area contributed by atoms with Crippen LogP contribution in [0.3, 0.4) is 0 Å². The van der Waals surface area contributed by atoms with Gasteiger partial charge in [-0.25, -0.2) is 14.1 Å². The number of carbonyl (C=O) groups excluding carboxylic acids is 3. The number of hydrogen-bond donors (Lipinski definition) is 1. The van der Waals surface area contributed by atoms with Crippen molar-refractivity contribution in [3.05, 3.63) is 69.6 Å². The number of halogens is 3. The molecule has 0 spiro atoms. The Morgan fingerprint density at radius 3 is 2.41 bits per heavy atom. The van der Waals surface area contributed by atoms with Crippen LogP contribution in [0, 0.1) is 5.82 Å². The number of amides is 2. The number of nitrogens with zero attached hydrogens (tertiary/aromatic N) is 1. The van der Waals surface area contributed by atoms with Crippen LogP contribution < -0.4 is 10.2 Å². The Bertz CT molecular complexity index is 1020. The molecule has 2 aromatic rings. The van der Waals surface area contributed by atoms with E-state index in [1.807, 2.05) is 6.92 Å². The van der Waals surface area contributed by atoms with Gasteiger partial charge in [-0.2, -0.15) is 0 Å². The molecule has 6 nitrogen and oxygen atoms in total. The van der Waals surface area contributed by atoms with Crippen molar-refractivity contribution in [2.24, 2.45) is 0 Å². The topological polar surface area (TPSA) is 75.7 Å². The molecule has 1 aliphatic rings. The molecule has 1 heterocycles. The Morgan fingerprint density at radius 1 is 1.10 bits per heavy atom. The molecule has 0 unspecified atom stereocenters. The van der Waals surface area contributed by atoms with Gasteiger partial charge in [0.1, 0.15) is 16.5 Å². The Balaban J connectivity index is 1.79. The van der Waals surface area contributed by atoms with Crippen molar-refractivity contribution in [2.75, 3.05) is 16.8 Å². The van der Waals surface area contributed by atoms with Gasteiger partial charge in [0, 0.05) is 5.69 Å². The first-order valence-electron chi connectivity index (χ1n) is 8.61. The maximum absolute atomic E-state index is 13.4. The normalized spacial score (nSPS) is 13.9. The smallest absolute Gasteiger partial charge is 0.338 e. The van der Waals surface area contributed by atoms with Crippen molar-refractivity contribution in [1.29, 1.82) is 0 Å². The van der Waals surface area contributed by atoms with Crippen molar-refractivity contribution in [1.82, 2.24) is 0 Å². The third-order valence-electron chi connectivity index (χ3n) is 4.02. The quantitative estimate of drug-likeness (QED) is 0.533. The molecular weight excluding hydrogens is 422 g/mol. The Labute approximate surface area is 175 Å². The van der Waals surface area contributed by atoms with E-state index in [2.05, 4.69) is 5.32 Å². The molecule has 0 saturated carbocycles.